The van der Waals surface area contributed by atoms with Crippen LogP contribution < -0.4 is 5.56 Å². The van der Waals surface area contributed by atoms with Gasteiger partial charge < -0.3 is 5.11 Å². The maximum absolute atomic E-state index is 13.2. The van der Waals surface area contributed by atoms with Crippen molar-refractivity contribution >= 4 is 22.8 Å². The molecule has 0 aliphatic carbocycles. The molecule has 1 N–H and O–H groups in total. The molecule has 0 fully saturated rings. The second-order valence-electron chi connectivity index (χ2n) is 7.09. The first-order valence-electron chi connectivity index (χ1n) is 9.37. The zero-order chi connectivity index (χ0) is 20.5. The van der Waals surface area contributed by atoms with Crippen molar-refractivity contribution in [1.82, 2.24) is 9.55 Å². The van der Waals surface area contributed by atoms with Crippen LogP contribution in [-0.2, 0) is 0 Å². The fraction of sp³-hybridized carbons (Fsp3) is 0.125. The highest BCUT2D eigenvalue weighted by atomic mass is 16.3. The second kappa shape index (κ2) is 7.36. The number of rotatable bonds is 3. The number of aromatic hydroxyl groups is 1. The van der Waals surface area contributed by atoms with Gasteiger partial charge in [-0.15, -0.1) is 0 Å². The third-order valence-electron chi connectivity index (χ3n) is 5.15. The van der Waals surface area contributed by atoms with Crippen LogP contribution in [0.5, 0.6) is 5.88 Å². The lowest BCUT2D eigenvalue weighted by Gasteiger charge is -2.14. The predicted octanol–water partition coefficient (Wildman–Crippen LogP) is 4.77. The van der Waals surface area contributed by atoms with E-state index in [1.807, 2.05) is 69.3 Å². The first-order valence-corrected chi connectivity index (χ1v) is 9.37. The van der Waals surface area contributed by atoms with Gasteiger partial charge in [0.2, 0.25) is 5.88 Å². The third-order valence-corrected chi connectivity index (χ3v) is 5.15. The van der Waals surface area contributed by atoms with Gasteiger partial charge >= 0.3 is 0 Å². The van der Waals surface area contributed by atoms with E-state index in [1.54, 1.807) is 18.5 Å². The standard InChI is InChI=1S/C24H21N3O2/c1-15-10-11-18(13-17(15)3)27-23(28)20-9-5-4-8-19(20)21(24(27)29)14-26-22-16(2)7-6-12-25-22/h4-14,29H,1-3H3. The van der Waals surface area contributed by atoms with Crippen molar-refractivity contribution in [3.8, 4) is 11.6 Å². The molecular weight excluding hydrogens is 362 g/mol. The molecule has 0 unspecified atom stereocenters. The second-order valence-corrected chi connectivity index (χ2v) is 7.09. The Hall–Kier alpha value is -3.73. The first-order chi connectivity index (χ1) is 14.0. The van der Waals surface area contributed by atoms with Crippen LogP contribution >= 0.6 is 0 Å². The number of aliphatic imine (C=N–C) groups is 1. The van der Waals surface area contributed by atoms with Crippen LogP contribution in [-0.4, -0.2) is 20.9 Å². The maximum Gasteiger partial charge on any atom is 0.265 e. The van der Waals surface area contributed by atoms with Crippen LogP contribution in [0.4, 0.5) is 5.82 Å². The largest absolute Gasteiger partial charge is 0.494 e. The number of nitrogens with zero attached hydrogens (tertiary/aromatic N) is 3. The first kappa shape index (κ1) is 18.6. The molecule has 0 bridgehead atoms. The summed E-state index contributed by atoms with van der Waals surface area (Å²) >= 11 is 0. The van der Waals surface area contributed by atoms with Crippen molar-refractivity contribution in [3.05, 3.63) is 93.4 Å². The van der Waals surface area contributed by atoms with E-state index in [0.717, 1.165) is 16.7 Å². The van der Waals surface area contributed by atoms with Crippen LogP contribution in [0.15, 0.2) is 70.6 Å². The van der Waals surface area contributed by atoms with E-state index >= 15 is 0 Å². The normalized spacial score (nSPS) is 11.4. The van der Waals surface area contributed by atoms with Crippen molar-refractivity contribution in [2.24, 2.45) is 4.99 Å². The van der Waals surface area contributed by atoms with Gasteiger partial charge in [0, 0.05) is 23.2 Å². The topological polar surface area (TPSA) is 67.5 Å². The molecule has 4 rings (SSSR count). The zero-order valence-electron chi connectivity index (χ0n) is 16.5. The van der Waals surface area contributed by atoms with Crippen LogP contribution in [0.25, 0.3) is 16.5 Å². The number of fused-ring (bicyclic) bond motifs is 1. The summed E-state index contributed by atoms with van der Waals surface area (Å²) < 4.78 is 1.33. The number of hydrogen-bond donors (Lipinski definition) is 1. The van der Waals surface area contributed by atoms with Gasteiger partial charge in [-0.05, 0) is 61.7 Å². The number of pyridine rings is 2. The van der Waals surface area contributed by atoms with Crippen LogP contribution in [0.2, 0.25) is 0 Å². The summed E-state index contributed by atoms with van der Waals surface area (Å²) in [5, 5.41) is 12.2. The summed E-state index contributed by atoms with van der Waals surface area (Å²) in [5.74, 6) is 0.425. The quantitative estimate of drug-likeness (QED) is 0.518. The zero-order valence-corrected chi connectivity index (χ0v) is 16.5. The molecule has 5 nitrogen and oxygen atoms in total. The average molecular weight is 383 g/mol. The minimum Gasteiger partial charge on any atom is -0.494 e. The van der Waals surface area contributed by atoms with E-state index < -0.39 is 0 Å². The van der Waals surface area contributed by atoms with Crippen molar-refractivity contribution in [1.29, 1.82) is 0 Å². The fourth-order valence-corrected chi connectivity index (χ4v) is 3.33. The number of aryl methyl sites for hydroxylation is 3. The molecule has 2 heterocycles. The molecular formula is C24H21N3O2. The molecule has 0 saturated carbocycles. The van der Waals surface area contributed by atoms with Crippen molar-refractivity contribution in [3.63, 3.8) is 0 Å². The minimum atomic E-state index is -0.271. The summed E-state index contributed by atoms with van der Waals surface area (Å²) in [7, 11) is 0. The Morgan fingerprint density at radius 2 is 1.69 bits per heavy atom. The Labute approximate surface area is 168 Å². The van der Waals surface area contributed by atoms with Gasteiger partial charge in [-0.1, -0.05) is 30.3 Å². The molecule has 0 amide bonds. The van der Waals surface area contributed by atoms with Crippen LogP contribution in [0.3, 0.4) is 0 Å². The molecule has 29 heavy (non-hydrogen) atoms. The number of aromatic nitrogens is 2. The smallest absolute Gasteiger partial charge is 0.265 e. The van der Waals surface area contributed by atoms with Crippen LogP contribution in [0, 0.1) is 20.8 Å². The Balaban J connectivity index is 2.00. The lowest BCUT2D eigenvalue weighted by molar-refractivity contribution is 0.436. The Morgan fingerprint density at radius 1 is 0.931 bits per heavy atom. The van der Waals surface area contributed by atoms with Gasteiger partial charge in [-0.3, -0.25) is 4.79 Å². The Bertz CT molecular complexity index is 1320. The van der Waals surface area contributed by atoms with Crippen LogP contribution in [0.1, 0.15) is 22.3 Å². The minimum absolute atomic E-state index is 0.144. The van der Waals surface area contributed by atoms with Gasteiger partial charge in [-0.2, -0.15) is 0 Å². The summed E-state index contributed by atoms with van der Waals surface area (Å²) in [6.07, 6.45) is 3.25. The summed E-state index contributed by atoms with van der Waals surface area (Å²) in [6.45, 7) is 5.91. The van der Waals surface area contributed by atoms with E-state index in [0.29, 0.717) is 27.8 Å². The molecule has 0 spiro atoms. The van der Waals surface area contributed by atoms with Gasteiger partial charge in [-0.25, -0.2) is 14.5 Å². The summed E-state index contributed by atoms with van der Waals surface area (Å²) in [6, 6.07) is 16.7. The number of benzene rings is 2. The predicted molar refractivity (Wildman–Crippen MR) is 117 cm³/mol. The number of hydrogen-bond acceptors (Lipinski definition) is 4. The molecule has 2 aromatic carbocycles. The van der Waals surface area contributed by atoms with Gasteiger partial charge in [0.15, 0.2) is 5.82 Å². The van der Waals surface area contributed by atoms with E-state index in [-0.39, 0.29) is 11.4 Å². The van der Waals surface area contributed by atoms with Gasteiger partial charge in [0.1, 0.15) is 0 Å². The average Bonchev–Trinajstić information content (AvgIpc) is 2.72. The fourth-order valence-electron chi connectivity index (χ4n) is 3.33. The molecule has 4 aromatic rings. The molecule has 0 atom stereocenters. The van der Waals surface area contributed by atoms with Crippen molar-refractivity contribution in [2.45, 2.75) is 20.8 Å². The monoisotopic (exact) mass is 383 g/mol. The molecule has 0 saturated heterocycles. The lowest BCUT2D eigenvalue weighted by Crippen LogP contribution is -2.20. The van der Waals surface area contributed by atoms with Gasteiger partial charge in [0.05, 0.1) is 11.3 Å². The molecule has 2 aromatic heterocycles. The third kappa shape index (κ3) is 3.31. The molecule has 5 heteroatoms. The molecule has 0 aliphatic heterocycles. The maximum atomic E-state index is 13.2. The highest BCUT2D eigenvalue weighted by Gasteiger charge is 2.16. The molecule has 144 valence electrons. The highest BCUT2D eigenvalue weighted by molar-refractivity contribution is 6.02. The van der Waals surface area contributed by atoms with E-state index in [2.05, 4.69) is 9.98 Å². The van der Waals surface area contributed by atoms with E-state index in [4.69, 9.17) is 0 Å². The highest BCUT2D eigenvalue weighted by Crippen LogP contribution is 2.27. The molecule has 0 radical (unpaired) electrons. The Morgan fingerprint density at radius 3 is 2.41 bits per heavy atom. The summed E-state index contributed by atoms with van der Waals surface area (Å²) in [4.78, 5) is 21.9. The molecule has 0 aliphatic rings. The lowest BCUT2D eigenvalue weighted by atomic mass is 10.1. The van der Waals surface area contributed by atoms with Crippen molar-refractivity contribution in [2.75, 3.05) is 0 Å². The van der Waals surface area contributed by atoms with E-state index in [9.17, 15) is 9.90 Å². The van der Waals surface area contributed by atoms with E-state index in [1.165, 1.54) is 4.57 Å². The SMILES string of the molecule is Cc1ccc(-n2c(O)c(C=Nc3ncccc3C)c3ccccc3c2=O)cc1C. The van der Waals surface area contributed by atoms with Gasteiger partial charge in [0.25, 0.3) is 5.56 Å². The Kier molecular flexibility index (Phi) is 4.72. The van der Waals surface area contributed by atoms with Crippen molar-refractivity contribution < 1.29 is 5.11 Å². The summed E-state index contributed by atoms with van der Waals surface area (Å²) in [5.41, 5.74) is 3.91.